The normalized spacial score (nSPS) is 18.8. The Bertz CT molecular complexity index is 632. The summed E-state index contributed by atoms with van der Waals surface area (Å²) in [5, 5.41) is 2.83. The molecule has 0 radical (unpaired) electrons. The average molecular weight is 389 g/mol. The Hall–Kier alpha value is -1.92. The van der Waals surface area contributed by atoms with Crippen molar-refractivity contribution in [3.63, 3.8) is 0 Å². The van der Waals surface area contributed by atoms with Crippen LogP contribution in [-0.2, 0) is 20.7 Å². The molecule has 2 aliphatic rings. The Morgan fingerprint density at radius 3 is 2.43 bits per heavy atom. The molecule has 0 aromatic heterocycles. The first kappa shape index (κ1) is 20.8. The molecule has 2 amide bonds. The van der Waals surface area contributed by atoms with E-state index in [9.17, 15) is 9.59 Å². The van der Waals surface area contributed by atoms with Gasteiger partial charge in [-0.25, -0.2) is 0 Å². The van der Waals surface area contributed by atoms with Gasteiger partial charge in [0.1, 0.15) is 0 Å². The third-order valence-corrected chi connectivity index (χ3v) is 5.83. The van der Waals surface area contributed by atoms with Crippen molar-refractivity contribution in [2.75, 3.05) is 46.6 Å². The summed E-state index contributed by atoms with van der Waals surface area (Å²) in [5.41, 5.74) is 1.93. The van der Waals surface area contributed by atoms with Crippen LogP contribution in [0.25, 0.3) is 0 Å². The van der Waals surface area contributed by atoms with Gasteiger partial charge in [0.2, 0.25) is 5.91 Å². The molecule has 2 fully saturated rings. The molecule has 1 aromatic carbocycles. The molecule has 3 rings (SSSR count). The Morgan fingerprint density at radius 1 is 1.11 bits per heavy atom. The highest BCUT2D eigenvalue weighted by molar-refractivity contribution is 5.94. The molecule has 1 N–H and O–H groups in total. The van der Waals surface area contributed by atoms with Gasteiger partial charge in [-0.15, -0.1) is 0 Å². The first-order valence-electron chi connectivity index (χ1n) is 10.4. The number of hydrogen-bond donors (Lipinski definition) is 1. The van der Waals surface area contributed by atoms with Crippen molar-refractivity contribution in [1.29, 1.82) is 0 Å². The molecule has 2 heterocycles. The van der Waals surface area contributed by atoms with Crippen molar-refractivity contribution in [3.05, 3.63) is 35.4 Å². The second kappa shape index (κ2) is 10.6. The fraction of sp³-hybridized carbons (Fsp3) is 0.636. The molecule has 0 saturated carbocycles. The van der Waals surface area contributed by atoms with Crippen LogP contribution in [0.15, 0.2) is 24.3 Å². The van der Waals surface area contributed by atoms with Gasteiger partial charge in [0.25, 0.3) is 5.91 Å². The van der Waals surface area contributed by atoms with Crippen LogP contribution in [-0.4, -0.2) is 63.3 Å². The second-order valence-electron chi connectivity index (χ2n) is 7.81. The molecule has 0 atom stereocenters. The lowest BCUT2D eigenvalue weighted by Crippen LogP contribution is -2.43. The van der Waals surface area contributed by atoms with Gasteiger partial charge in [-0.1, -0.05) is 12.1 Å². The number of hydrogen-bond acceptors (Lipinski definition) is 4. The molecule has 0 unspecified atom stereocenters. The first-order chi connectivity index (χ1) is 13.7. The lowest BCUT2D eigenvalue weighted by molar-refractivity contribution is -0.139. The number of methoxy groups -OCH3 is 1. The molecule has 2 saturated heterocycles. The molecule has 0 aliphatic carbocycles. The quantitative estimate of drug-likeness (QED) is 0.728. The third kappa shape index (κ3) is 5.79. The van der Waals surface area contributed by atoms with E-state index in [0.717, 1.165) is 45.2 Å². The molecular formula is C22H32N2O4. The second-order valence-corrected chi connectivity index (χ2v) is 7.81. The number of rotatable bonds is 7. The summed E-state index contributed by atoms with van der Waals surface area (Å²) in [4.78, 5) is 26.7. The lowest BCUT2D eigenvalue weighted by atomic mass is 9.89. The standard InChI is InChI=1S/C22H32N2O4/c1-27-15-10-23-21(25)19-4-2-17(3-5-19)16-18-6-11-24(12-7-18)22(26)20-8-13-28-14-9-20/h2-5,18,20H,6-16H2,1H3,(H,23,25). The number of nitrogens with one attached hydrogen (secondary N) is 1. The highest BCUT2D eigenvalue weighted by Gasteiger charge is 2.29. The minimum atomic E-state index is -0.0662. The van der Waals surface area contributed by atoms with E-state index in [4.69, 9.17) is 9.47 Å². The van der Waals surface area contributed by atoms with Gasteiger partial charge >= 0.3 is 0 Å². The maximum atomic E-state index is 12.6. The summed E-state index contributed by atoms with van der Waals surface area (Å²) in [6.07, 6.45) is 4.83. The van der Waals surface area contributed by atoms with Gasteiger partial charge in [-0.05, 0) is 55.7 Å². The Labute approximate surface area is 167 Å². The van der Waals surface area contributed by atoms with Crippen molar-refractivity contribution in [2.45, 2.75) is 32.1 Å². The maximum Gasteiger partial charge on any atom is 0.251 e. The number of ether oxygens (including phenoxy) is 2. The molecule has 6 nitrogen and oxygen atoms in total. The van der Waals surface area contributed by atoms with Crippen LogP contribution in [0.4, 0.5) is 0 Å². The van der Waals surface area contributed by atoms with Gasteiger partial charge in [0.15, 0.2) is 0 Å². The molecule has 6 heteroatoms. The fourth-order valence-corrected chi connectivity index (χ4v) is 4.05. The molecule has 2 aliphatic heterocycles. The van der Waals surface area contributed by atoms with E-state index in [2.05, 4.69) is 10.2 Å². The van der Waals surface area contributed by atoms with Crippen molar-refractivity contribution in [1.82, 2.24) is 10.2 Å². The van der Waals surface area contributed by atoms with Crippen LogP contribution in [0.2, 0.25) is 0 Å². The summed E-state index contributed by atoms with van der Waals surface area (Å²) < 4.78 is 10.3. The number of carbonyl (C=O) groups is 2. The van der Waals surface area contributed by atoms with E-state index in [1.54, 1.807) is 7.11 Å². The predicted molar refractivity (Wildman–Crippen MR) is 107 cm³/mol. The van der Waals surface area contributed by atoms with Crippen molar-refractivity contribution in [2.24, 2.45) is 11.8 Å². The number of benzene rings is 1. The highest BCUT2D eigenvalue weighted by Crippen LogP contribution is 2.25. The topological polar surface area (TPSA) is 67.9 Å². The van der Waals surface area contributed by atoms with Gasteiger partial charge < -0.3 is 19.7 Å². The van der Waals surface area contributed by atoms with E-state index >= 15 is 0 Å². The monoisotopic (exact) mass is 388 g/mol. The molecular weight excluding hydrogens is 356 g/mol. The van der Waals surface area contributed by atoms with E-state index < -0.39 is 0 Å². The molecule has 154 valence electrons. The smallest absolute Gasteiger partial charge is 0.251 e. The van der Waals surface area contributed by atoms with Crippen LogP contribution in [0, 0.1) is 11.8 Å². The number of likely N-dealkylation sites (tertiary alicyclic amines) is 1. The summed E-state index contributed by atoms with van der Waals surface area (Å²) >= 11 is 0. The Balaban J connectivity index is 1.43. The van der Waals surface area contributed by atoms with Gasteiger partial charge in [0, 0.05) is 51.4 Å². The fourth-order valence-electron chi connectivity index (χ4n) is 4.05. The summed E-state index contributed by atoms with van der Waals surface area (Å²) in [5.74, 6) is 1.02. The molecule has 0 bridgehead atoms. The van der Waals surface area contributed by atoms with Gasteiger partial charge in [-0.2, -0.15) is 0 Å². The van der Waals surface area contributed by atoms with E-state index in [0.29, 0.717) is 43.8 Å². The van der Waals surface area contributed by atoms with Crippen LogP contribution in [0.5, 0.6) is 0 Å². The SMILES string of the molecule is COCCNC(=O)c1ccc(CC2CCN(C(=O)C3CCOCC3)CC2)cc1. The average Bonchev–Trinajstić information content (AvgIpc) is 2.75. The van der Waals surface area contributed by atoms with Gasteiger partial charge in [0.05, 0.1) is 6.61 Å². The van der Waals surface area contributed by atoms with E-state index in [1.807, 2.05) is 24.3 Å². The number of amides is 2. The zero-order chi connectivity index (χ0) is 19.8. The highest BCUT2D eigenvalue weighted by atomic mass is 16.5. The van der Waals surface area contributed by atoms with E-state index in [1.165, 1.54) is 5.56 Å². The van der Waals surface area contributed by atoms with Crippen LogP contribution in [0.1, 0.15) is 41.6 Å². The zero-order valence-corrected chi connectivity index (χ0v) is 16.8. The number of nitrogens with zero attached hydrogens (tertiary/aromatic N) is 1. The predicted octanol–water partition coefficient (Wildman–Crippen LogP) is 2.27. The van der Waals surface area contributed by atoms with Crippen molar-refractivity contribution >= 4 is 11.8 Å². The van der Waals surface area contributed by atoms with Crippen molar-refractivity contribution in [3.8, 4) is 0 Å². The number of carbonyl (C=O) groups excluding carboxylic acids is 2. The molecule has 0 spiro atoms. The minimum Gasteiger partial charge on any atom is -0.383 e. The van der Waals surface area contributed by atoms with Crippen LogP contribution in [0.3, 0.4) is 0 Å². The Kier molecular flexibility index (Phi) is 7.86. The zero-order valence-electron chi connectivity index (χ0n) is 16.8. The lowest BCUT2D eigenvalue weighted by Gasteiger charge is -2.35. The first-order valence-corrected chi connectivity index (χ1v) is 10.4. The summed E-state index contributed by atoms with van der Waals surface area (Å²) in [7, 11) is 1.62. The summed E-state index contributed by atoms with van der Waals surface area (Å²) in [6, 6.07) is 7.87. The molecule has 28 heavy (non-hydrogen) atoms. The Morgan fingerprint density at radius 2 is 1.79 bits per heavy atom. The number of piperidine rings is 1. The third-order valence-electron chi connectivity index (χ3n) is 5.83. The van der Waals surface area contributed by atoms with E-state index in [-0.39, 0.29) is 11.8 Å². The van der Waals surface area contributed by atoms with Crippen molar-refractivity contribution < 1.29 is 19.1 Å². The minimum absolute atomic E-state index is 0.0662. The van der Waals surface area contributed by atoms with Crippen LogP contribution < -0.4 is 5.32 Å². The van der Waals surface area contributed by atoms with Gasteiger partial charge in [-0.3, -0.25) is 9.59 Å². The van der Waals surface area contributed by atoms with Crippen LogP contribution >= 0.6 is 0 Å². The largest absolute Gasteiger partial charge is 0.383 e. The maximum absolute atomic E-state index is 12.6. The molecule has 1 aromatic rings. The summed E-state index contributed by atoms with van der Waals surface area (Å²) in [6.45, 7) is 4.18.